The molecular weight excluding hydrogens is 392 g/mol. The third-order valence-electron chi connectivity index (χ3n) is 2.20. The number of rotatable bonds is 2. The third-order valence-corrected chi connectivity index (χ3v) is 5.35. The topological polar surface area (TPSA) is 87.0 Å². The highest BCUT2D eigenvalue weighted by Gasteiger charge is 2.24. The van der Waals surface area contributed by atoms with Crippen LogP contribution in [0.15, 0.2) is 31.1 Å². The molecule has 0 unspecified atom stereocenters. The molecule has 0 aromatic heterocycles. The van der Waals surface area contributed by atoms with Crippen molar-refractivity contribution in [3.05, 3.63) is 21.1 Å². The molecule has 1 aliphatic heterocycles. The van der Waals surface area contributed by atoms with E-state index in [1.54, 1.807) is 0 Å². The van der Waals surface area contributed by atoms with Gasteiger partial charge in [-0.2, -0.15) is 13.5 Å². The zero-order valence-corrected chi connectivity index (χ0v) is 12.7. The summed E-state index contributed by atoms with van der Waals surface area (Å²) in [6.07, 6.45) is 1.58. The fourth-order valence-corrected chi connectivity index (χ4v) is 3.45. The summed E-state index contributed by atoms with van der Waals surface area (Å²) < 4.78 is 32.1. The van der Waals surface area contributed by atoms with E-state index in [-0.39, 0.29) is 27.4 Å². The van der Waals surface area contributed by atoms with Gasteiger partial charge in [0.25, 0.3) is 16.0 Å². The van der Waals surface area contributed by atoms with Crippen molar-refractivity contribution in [2.24, 2.45) is 5.10 Å². The van der Waals surface area contributed by atoms with Gasteiger partial charge < -0.3 is 0 Å². The Morgan fingerprint density at radius 2 is 2.00 bits per heavy atom. The highest BCUT2D eigenvalue weighted by molar-refractivity contribution is 9.13. The van der Waals surface area contributed by atoms with Crippen molar-refractivity contribution in [3.8, 4) is 0 Å². The number of hydrogen-bond acceptors (Lipinski definition) is 4. The Kier molecular flexibility index (Phi) is 3.58. The van der Waals surface area contributed by atoms with Gasteiger partial charge in [-0.3, -0.25) is 9.35 Å². The monoisotopic (exact) mass is 396 g/mol. The van der Waals surface area contributed by atoms with E-state index in [2.05, 4.69) is 37.0 Å². The number of amides is 1. The summed E-state index contributed by atoms with van der Waals surface area (Å²) in [6.45, 7) is 0. The van der Waals surface area contributed by atoms with Crippen LogP contribution >= 0.6 is 31.9 Å². The summed E-state index contributed by atoms with van der Waals surface area (Å²) in [4.78, 5) is 11.2. The van der Waals surface area contributed by atoms with Crippen LogP contribution in [0, 0.1) is 0 Å². The summed E-state index contributed by atoms with van der Waals surface area (Å²) in [7, 11) is -4.39. The van der Waals surface area contributed by atoms with Gasteiger partial charge in [0.15, 0.2) is 0 Å². The summed E-state index contributed by atoms with van der Waals surface area (Å²) in [5.74, 6) is -0.273. The van der Waals surface area contributed by atoms with Crippen molar-refractivity contribution in [2.75, 3.05) is 5.01 Å². The molecule has 1 heterocycles. The largest absolute Gasteiger partial charge is 0.295 e. The van der Waals surface area contributed by atoms with E-state index in [0.29, 0.717) is 4.47 Å². The van der Waals surface area contributed by atoms with Gasteiger partial charge in [-0.05, 0) is 44.0 Å². The van der Waals surface area contributed by atoms with E-state index in [4.69, 9.17) is 4.55 Å². The second-order valence-corrected chi connectivity index (χ2v) is 6.46. The van der Waals surface area contributed by atoms with Crippen LogP contribution in [0.25, 0.3) is 0 Å². The first kappa shape index (κ1) is 13.7. The Morgan fingerprint density at radius 1 is 1.33 bits per heavy atom. The first-order chi connectivity index (χ1) is 8.30. The van der Waals surface area contributed by atoms with Crippen molar-refractivity contribution >= 4 is 59.8 Å². The number of anilines is 1. The van der Waals surface area contributed by atoms with E-state index in [0.717, 1.165) is 5.01 Å². The first-order valence-corrected chi connectivity index (χ1v) is 7.65. The molecule has 2 rings (SSSR count). The van der Waals surface area contributed by atoms with Gasteiger partial charge in [0.05, 0.1) is 16.6 Å². The molecule has 1 aliphatic rings. The standard InChI is InChI=1S/C9H6Br2N2O4S/c10-6-3-5(13-8(14)1-2-12-13)4-7(9(6)11)18(15,16)17/h2-4H,1H2,(H,15,16,17). The predicted octanol–water partition coefficient (Wildman–Crippen LogP) is 2.18. The smallest absolute Gasteiger partial charge is 0.282 e. The molecule has 0 saturated carbocycles. The second kappa shape index (κ2) is 4.72. The molecule has 1 N–H and O–H groups in total. The van der Waals surface area contributed by atoms with Gasteiger partial charge in [0.2, 0.25) is 0 Å². The van der Waals surface area contributed by atoms with Crippen molar-refractivity contribution in [3.63, 3.8) is 0 Å². The minimum absolute atomic E-state index is 0.162. The zero-order chi connectivity index (χ0) is 13.5. The lowest BCUT2D eigenvalue weighted by Crippen LogP contribution is -2.20. The molecule has 0 saturated heterocycles. The van der Waals surface area contributed by atoms with E-state index in [1.807, 2.05) is 0 Å². The average Bonchev–Trinajstić information content (AvgIpc) is 2.66. The summed E-state index contributed by atoms with van der Waals surface area (Å²) in [6, 6.07) is 2.70. The number of carbonyl (C=O) groups is 1. The second-order valence-electron chi connectivity index (χ2n) is 3.42. The molecule has 96 valence electrons. The van der Waals surface area contributed by atoms with Crippen LogP contribution in [-0.4, -0.2) is 25.1 Å². The first-order valence-electron chi connectivity index (χ1n) is 4.62. The molecule has 1 aromatic carbocycles. The summed E-state index contributed by atoms with van der Waals surface area (Å²) in [5, 5.41) is 4.90. The Hall–Kier alpha value is -0.770. The quantitative estimate of drug-likeness (QED) is 0.774. The Bertz CT molecular complexity index is 657. The predicted molar refractivity (Wildman–Crippen MR) is 72.3 cm³/mol. The number of hydrazone groups is 1. The van der Waals surface area contributed by atoms with E-state index in [1.165, 1.54) is 18.3 Å². The minimum Gasteiger partial charge on any atom is -0.282 e. The number of halogens is 2. The third kappa shape index (κ3) is 2.48. The number of hydrogen-bond donors (Lipinski definition) is 1. The van der Waals surface area contributed by atoms with Crippen LogP contribution in [0.3, 0.4) is 0 Å². The normalized spacial score (nSPS) is 15.5. The maximum Gasteiger partial charge on any atom is 0.295 e. The van der Waals surface area contributed by atoms with Crippen molar-refractivity contribution in [1.29, 1.82) is 0 Å². The molecule has 0 atom stereocenters. The lowest BCUT2D eigenvalue weighted by atomic mass is 10.3. The zero-order valence-electron chi connectivity index (χ0n) is 8.67. The molecule has 0 aliphatic carbocycles. The van der Waals surface area contributed by atoms with Gasteiger partial charge in [-0.15, -0.1) is 0 Å². The maximum absolute atomic E-state index is 11.5. The summed E-state index contributed by atoms with van der Waals surface area (Å²) in [5.41, 5.74) is 0.261. The number of benzene rings is 1. The van der Waals surface area contributed by atoms with Crippen molar-refractivity contribution in [2.45, 2.75) is 11.3 Å². The van der Waals surface area contributed by atoms with Crippen LogP contribution in [0.2, 0.25) is 0 Å². The van der Waals surface area contributed by atoms with Crippen molar-refractivity contribution < 1.29 is 17.8 Å². The molecular formula is C9H6Br2N2O4S. The van der Waals surface area contributed by atoms with E-state index < -0.39 is 10.1 Å². The van der Waals surface area contributed by atoms with Gasteiger partial charge >= 0.3 is 0 Å². The van der Waals surface area contributed by atoms with Crippen LogP contribution in [0.1, 0.15) is 6.42 Å². The van der Waals surface area contributed by atoms with Crippen LogP contribution < -0.4 is 5.01 Å². The molecule has 18 heavy (non-hydrogen) atoms. The highest BCUT2D eigenvalue weighted by Crippen LogP contribution is 2.35. The molecule has 9 heteroatoms. The minimum atomic E-state index is -4.39. The van der Waals surface area contributed by atoms with Crippen molar-refractivity contribution in [1.82, 2.24) is 0 Å². The summed E-state index contributed by atoms with van der Waals surface area (Å²) >= 11 is 6.19. The SMILES string of the molecule is O=C1CC=NN1c1cc(Br)c(Br)c(S(=O)(=O)O)c1. The van der Waals surface area contributed by atoms with E-state index in [9.17, 15) is 13.2 Å². The Labute approximate surface area is 120 Å². The van der Waals surface area contributed by atoms with Crippen LogP contribution in [-0.2, 0) is 14.9 Å². The molecule has 1 amide bonds. The van der Waals surface area contributed by atoms with Gasteiger partial charge in [-0.25, -0.2) is 5.01 Å². The number of carbonyl (C=O) groups excluding carboxylic acids is 1. The molecule has 6 nitrogen and oxygen atoms in total. The van der Waals surface area contributed by atoms with Gasteiger partial charge in [0.1, 0.15) is 4.90 Å². The maximum atomic E-state index is 11.5. The number of nitrogens with zero attached hydrogens (tertiary/aromatic N) is 2. The lowest BCUT2D eigenvalue weighted by Gasteiger charge is -2.14. The van der Waals surface area contributed by atoms with E-state index >= 15 is 0 Å². The molecule has 1 aromatic rings. The lowest BCUT2D eigenvalue weighted by molar-refractivity contribution is -0.116. The molecule has 0 radical (unpaired) electrons. The van der Waals surface area contributed by atoms with Gasteiger partial charge in [0, 0.05) is 10.7 Å². The molecule has 0 spiro atoms. The fraction of sp³-hybridized carbons (Fsp3) is 0.111. The average molecular weight is 398 g/mol. The van der Waals surface area contributed by atoms with Gasteiger partial charge in [-0.1, -0.05) is 0 Å². The molecule has 0 fully saturated rings. The van der Waals surface area contributed by atoms with Crippen LogP contribution in [0.4, 0.5) is 5.69 Å². The highest BCUT2D eigenvalue weighted by atomic mass is 79.9. The molecule has 0 bridgehead atoms. The van der Waals surface area contributed by atoms with Crippen LogP contribution in [0.5, 0.6) is 0 Å². The Balaban J connectivity index is 2.62. The Morgan fingerprint density at radius 3 is 2.50 bits per heavy atom. The fourth-order valence-electron chi connectivity index (χ4n) is 1.42.